The van der Waals surface area contributed by atoms with E-state index >= 15 is 0 Å². The van der Waals surface area contributed by atoms with Gasteiger partial charge in [-0.2, -0.15) is 0 Å². The number of nitro groups is 2. The molecule has 112 heavy (non-hydrogen) atoms. The smallest absolute Gasteiger partial charge is 0.346 e. The molecule has 3 heterocycles. The van der Waals surface area contributed by atoms with Gasteiger partial charge in [0.2, 0.25) is 0 Å². The van der Waals surface area contributed by atoms with Gasteiger partial charge in [-0.3, -0.25) is 29.4 Å². The molecular weight excluding hydrogens is 1390 g/mol. The van der Waals surface area contributed by atoms with Gasteiger partial charge in [-0.1, -0.05) is 359 Å². The first kappa shape index (κ1) is 82.0. The van der Waals surface area contributed by atoms with Crippen LogP contribution >= 0.6 is 0 Å². The number of cyclic esters (lactones) is 2. The summed E-state index contributed by atoms with van der Waals surface area (Å²) in [6.45, 7) is 8.99. The standard InChI is InChI=1S/C49H53N3O3.C27H45N3O2.C22H12O3/c1-3-5-7-9-11-12-14-16-22-35(21-15-13-10-8-6-4-2)29-30-36-33-44-47(45(34-36)52(54)55)50-48-42-28-20-27-41-40(31-32-43(46(41)42)49(53)51(44)48)39-26-19-24-37-23-17-18-25-38(37)39;1-3-5-7-9-11-12-14-16-18-23(17-15-13-10-8-6-4-2)19-20-24-21-25(28)27(29)26(22-24)30(31)32;23-21-18-10-4-9-17-16(11-12-19(20(17)18)22(24)25-21)15-8-3-6-13-5-1-2-7-14(13)15/h17-20,23-28,31-35H,3-16,21-22H2,1-2H3;21-23H,3-18,28-29H2,1-2H3;1-12H. The number of ether oxygens (including phenoxy) is 1. The minimum Gasteiger partial charge on any atom is -0.397 e. The molecule has 4 N–H and O–H groups in total. The van der Waals surface area contributed by atoms with Crippen molar-refractivity contribution >= 4 is 105 Å². The number of nitrogens with zero attached hydrogens (tertiary/aromatic N) is 4. The Morgan fingerprint density at radius 3 is 1.25 bits per heavy atom. The molecule has 1 aliphatic heterocycles. The normalized spacial score (nSPS) is 12.3. The zero-order chi connectivity index (χ0) is 78.7. The summed E-state index contributed by atoms with van der Waals surface area (Å²) in [6.07, 6.45) is 40.1. The summed E-state index contributed by atoms with van der Waals surface area (Å²) < 4.78 is 6.41. The summed E-state index contributed by atoms with van der Waals surface area (Å²) >= 11 is 0. The number of non-ortho nitro benzene ring substituents is 1. The Balaban J connectivity index is 0.000000183. The summed E-state index contributed by atoms with van der Waals surface area (Å²) in [4.78, 5) is 66.4. The van der Waals surface area contributed by atoms with Crippen LogP contribution in [0.4, 0.5) is 22.7 Å². The van der Waals surface area contributed by atoms with E-state index in [0.717, 1.165) is 104 Å². The van der Waals surface area contributed by atoms with E-state index in [4.69, 9.17) is 21.2 Å². The number of hydrogen-bond donors (Lipinski definition) is 2. The number of pyridine rings is 1. The van der Waals surface area contributed by atoms with Crippen LogP contribution in [-0.2, 0) is 4.74 Å². The van der Waals surface area contributed by atoms with E-state index in [1.807, 2.05) is 78.9 Å². The molecule has 13 rings (SSSR count). The van der Waals surface area contributed by atoms with Gasteiger partial charge in [-0.15, -0.1) is 0 Å². The molecule has 10 aromatic carbocycles. The Labute approximate surface area is 660 Å². The third-order valence-electron chi connectivity index (χ3n) is 22.3. The topological polar surface area (TPSA) is 216 Å². The van der Waals surface area contributed by atoms with Crippen molar-refractivity contribution in [3.63, 3.8) is 0 Å². The van der Waals surface area contributed by atoms with Gasteiger partial charge < -0.3 is 16.2 Å². The lowest BCUT2D eigenvalue weighted by Gasteiger charge is -2.18. The van der Waals surface area contributed by atoms with E-state index in [2.05, 4.69) is 112 Å². The minimum atomic E-state index is -0.585. The summed E-state index contributed by atoms with van der Waals surface area (Å²) in [7, 11) is 0. The molecule has 1 aliphatic rings. The van der Waals surface area contributed by atoms with E-state index in [1.165, 1.54) is 173 Å². The maximum atomic E-state index is 14.5. The molecule has 2 unspecified atom stereocenters. The Morgan fingerprint density at radius 2 is 0.759 bits per heavy atom. The molecule has 12 aromatic rings. The molecule has 580 valence electrons. The molecule has 0 bridgehead atoms. The number of benzene rings is 10. The SMILES string of the molecule is CCCCCCCCCCC(C#Cc1cc(N)c(N)c([N+](=O)[O-])c1)CCCCCCCC.CCCCCCCCCCC(C#Cc1cc([N+](=O)[O-])c2nc3c4cccc5c(-c6cccc7ccccc67)ccc(c(=O)n3c2c1)c54)CCCCCCCC.O=C1OC(=O)c2ccc(-c3cccc4ccccc34)c3cccc1c23. The molecule has 14 nitrogen and oxygen atoms in total. The van der Waals surface area contributed by atoms with E-state index in [0.29, 0.717) is 50.1 Å². The highest BCUT2D eigenvalue weighted by Crippen LogP contribution is 2.42. The molecule has 0 saturated carbocycles. The number of carbonyl (C=O) groups excluding carboxylic acids is 2. The molecule has 0 fully saturated rings. The Hall–Kier alpha value is -11.0. The van der Waals surface area contributed by atoms with E-state index in [-0.39, 0.29) is 39.7 Å². The second kappa shape index (κ2) is 41.4. The maximum Gasteiger partial charge on any atom is 0.346 e. The lowest BCUT2D eigenvalue weighted by atomic mass is 9.89. The van der Waals surface area contributed by atoms with Crippen molar-refractivity contribution in [2.24, 2.45) is 11.8 Å². The van der Waals surface area contributed by atoms with Gasteiger partial charge in [0.25, 0.3) is 16.9 Å². The zero-order valence-electron chi connectivity index (χ0n) is 66.2. The molecular formula is C98H110N6O8. The number of nitrogens with two attached hydrogens (primary N) is 2. The molecule has 2 atom stereocenters. The monoisotopic (exact) mass is 1500 g/mol. The number of nitro benzene ring substituents is 2. The Kier molecular flexibility index (Phi) is 30.3. The van der Waals surface area contributed by atoms with Crippen LogP contribution in [0.15, 0.2) is 175 Å². The van der Waals surface area contributed by atoms with Crippen LogP contribution in [-0.4, -0.2) is 31.2 Å². The summed E-state index contributed by atoms with van der Waals surface area (Å²) in [5, 5.41) is 33.0. The van der Waals surface area contributed by atoms with Gasteiger partial charge in [-0.05, 0) is 111 Å². The highest BCUT2D eigenvalue weighted by atomic mass is 16.6. The Bertz CT molecular complexity index is 5430. The first-order valence-corrected chi connectivity index (χ1v) is 41.7. The number of fused-ring (bicyclic) bond motifs is 6. The minimum absolute atomic E-state index is 0.0168. The summed E-state index contributed by atoms with van der Waals surface area (Å²) in [5.74, 6) is 12.9. The van der Waals surface area contributed by atoms with Crippen LogP contribution in [0.2, 0.25) is 0 Å². The first-order valence-electron chi connectivity index (χ1n) is 41.7. The van der Waals surface area contributed by atoms with Crippen LogP contribution in [0, 0.1) is 55.7 Å². The fraction of sp³-hybridized carbons (Fsp3) is 0.388. The quantitative estimate of drug-likeness (QED) is 0.00716. The number of imidazole rings is 1. The van der Waals surface area contributed by atoms with Crippen LogP contribution in [0.5, 0.6) is 0 Å². The lowest BCUT2D eigenvalue weighted by Crippen LogP contribution is -2.19. The van der Waals surface area contributed by atoms with E-state index < -0.39 is 21.8 Å². The largest absolute Gasteiger partial charge is 0.397 e. The number of nitrogen functional groups attached to an aromatic ring is 2. The lowest BCUT2D eigenvalue weighted by molar-refractivity contribution is -0.383. The number of carbonyl (C=O) groups is 2. The van der Waals surface area contributed by atoms with Gasteiger partial charge in [0, 0.05) is 56.6 Å². The highest BCUT2D eigenvalue weighted by molar-refractivity contribution is 6.24. The molecule has 0 radical (unpaired) electrons. The summed E-state index contributed by atoms with van der Waals surface area (Å²) in [6, 6.07) is 54.5. The van der Waals surface area contributed by atoms with Crippen LogP contribution in [0.3, 0.4) is 0 Å². The highest BCUT2D eigenvalue weighted by Gasteiger charge is 2.29. The predicted octanol–water partition coefficient (Wildman–Crippen LogP) is 26.5. The number of unbranched alkanes of at least 4 members (excludes halogenated alkanes) is 24. The van der Waals surface area contributed by atoms with Crippen molar-refractivity contribution in [1.29, 1.82) is 0 Å². The van der Waals surface area contributed by atoms with Crippen molar-refractivity contribution in [2.45, 2.75) is 233 Å². The molecule has 14 heteroatoms. The third-order valence-corrected chi connectivity index (χ3v) is 22.3. The first-order chi connectivity index (χ1) is 54.7. The Morgan fingerprint density at radius 1 is 0.393 bits per heavy atom. The average molecular weight is 1500 g/mol. The van der Waals surface area contributed by atoms with Crippen LogP contribution in [0.25, 0.3) is 92.8 Å². The van der Waals surface area contributed by atoms with Crippen molar-refractivity contribution in [3.8, 4) is 45.9 Å². The summed E-state index contributed by atoms with van der Waals surface area (Å²) in [5.41, 5.74) is 18.6. The van der Waals surface area contributed by atoms with Crippen molar-refractivity contribution < 1.29 is 24.2 Å². The molecule has 0 saturated heterocycles. The van der Waals surface area contributed by atoms with E-state index in [1.54, 1.807) is 28.7 Å². The predicted molar refractivity (Wildman–Crippen MR) is 464 cm³/mol. The van der Waals surface area contributed by atoms with Crippen molar-refractivity contribution in [1.82, 2.24) is 9.38 Å². The van der Waals surface area contributed by atoms with Gasteiger partial charge in [-0.25, -0.2) is 14.6 Å². The molecule has 0 aliphatic carbocycles. The second-order valence-corrected chi connectivity index (χ2v) is 30.5. The van der Waals surface area contributed by atoms with Gasteiger partial charge in [0.15, 0.2) is 5.52 Å². The number of esters is 2. The van der Waals surface area contributed by atoms with Gasteiger partial charge >= 0.3 is 11.9 Å². The average Bonchev–Trinajstić information content (AvgIpc) is 1.46. The van der Waals surface area contributed by atoms with E-state index in [9.17, 15) is 34.6 Å². The van der Waals surface area contributed by atoms with Crippen molar-refractivity contribution in [3.05, 3.63) is 223 Å². The number of anilines is 2. The van der Waals surface area contributed by atoms with Crippen molar-refractivity contribution in [2.75, 3.05) is 11.5 Å². The molecule has 0 spiro atoms. The maximum absolute atomic E-state index is 14.5. The second-order valence-electron chi connectivity index (χ2n) is 30.5. The number of rotatable bonds is 36. The molecule has 0 amide bonds. The number of hydrogen-bond acceptors (Lipinski definition) is 11. The third kappa shape index (κ3) is 20.6. The zero-order valence-corrected chi connectivity index (χ0v) is 66.2. The fourth-order valence-electron chi connectivity index (χ4n) is 16.2. The molecule has 2 aromatic heterocycles. The fourth-order valence-corrected chi connectivity index (χ4v) is 16.2. The number of aromatic nitrogens is 2. The van der Waals surface area contributed by atoms with Gasteiger partial charge in [0.1, 0.15) is 11.3 Å². The van der Waals surface area contributed by atoms with Crippen LogP contribution in [0.1, 0.15) is 265 Å². The van der Waals surface area contributed by atoms with Gasteiger partial charge in [0.05, 0.1) is 32.2 Å². The van der Waals surface area contributed by atoms with Crippen LogP contribution < -0.4 is 17.0 Å².